The molecule has 0 saturated heterocycles. The first kappa shape index (κ1) is 11.0. The van der Waals surface area contributed by atoms with Gasteiger partial charge in [0.05, 0.1) is 12.1 Å². The zero-order chi connectivity index (χ0) is 11.3. The van der Waals surface area contributed by atoms with Crippen LogP contribution in [0.2, 0.25) is 0 Å². The number of nitrogens with zero attached hydrogens (tertiary/aromatic N) is 1. The summed E-state index contributed by atoms with van der Waals surface area (Å²) in [6, 6.07) is 8.21. The summed E-state index contributed by atoms with van der Waals surface area (Å²) in [6.45, 7) is 1.67. The second-order valence-corrected chi connectivity index (χ2v) is 2.72. The van der Waals surface area contributed by atoms with Crippen LogP contribution in [0.4, 0.5) is 4.79 Å². The summed E-state index contributed by atoms with van der Waals surface area (Å²) in [5.41, 5.74) is 0.317. The van der Waals surface area contributed by atoms with E-state index in [9.17, 15) is 9.59 Å². The zero-order valence-corrected chi connectivity index (χ0v) is 8.21. The minimum absolute atomic E-state index is 0.0912. The summed E-state index contributed by atoms with van der Waals surface area (Å²) in [4.78, 5) is 26.6. The Morgan fingerprint density at radius 1 is 1.33 bits per heavy atom. The molecule has 0 heterocycles. The third-order valence-electron chi connectivity index (χ3n) is 1.70. The molecule has 0 aliphatic heterocycles. The quantitative estimate of drug-likeness (QED) is 0.753. The van der Waals surface area contributed by atoms with Gasteiger partial charge in [0, 0.05) is 0 Å². The predicted octanol–water partition coefficient (Wildman–Crippen LogP) is 1.76. The molecule has 5 nitrogen and oxygen atoms in total. The number of carbonyl (C=O) groups excluding carboxylic acids is 1. The van der Waals surface area contributed by atoms with Crippen LogP contribution in [0.25, 0.3) is 0 Å². The van der Waals surface area contributed by atoms with Crippen molar-refractivity contribution in [1.82, 2.24) is 5.06 Å². The molecule has 0 fully saturated rings. The van der Waals surface area contributed by atoms with Crippen molar-refractivity contribution in [2.24, 2.45) is 0 Å². The van der Waals surface area contributed by atoms with Crippen molar-refractivity contribution in [1.29, 1.82) is 0 Å². The van der Waals surface area contributed by atoms with E-state index in [1.807, 2.05) is 0 Å². The molecule has 1 aromatic rings. The van der Waals surface area contributed by atoms with Crippen LogP contribution in [0.3, 0.4) is 0 Å². The molecule has 80 valence electrons. The van der Waals surface area contributed by atoms with Gasteiger partial charge < -0.3 is 9.94 Å². The van der Waals surface area contributed by atoms with Crippen molar-refractivity contribution >= 4 is 12.1 Å². The molecule has 1 N–H and O–H groups in total. The third-order valence-corrected chi connectivity index (χ3v) is 1.70. The maximum absolute atomic E-state index is 11.4. The highest BCUT2D eigenvalue weighted by Gasteiger charge is 2.16. The van der Waals surface area contributed by atoms with E-state index < -0.39 is 12.1 Å². The Hall–Kier alpha value is -2.04. The molecule has 0 aliphatic rings. The third kappa shape index (κ3) is 2.98. The van der Waals surface area contributed by atoms with E-state index in [-0.39, 0.29) is 6.54 Å². The lowest BCUT2D eigenvalue weighted by molar-refractivity contribution is -0.0839. The summed E-state index contributed by atoms with van der Waals surface area (Å²) >= 11 is 0. The van der Waals surface area contributed by atoms with E-state index in [0.29, 0.717) is 10.6 Å². The maximum atomic E-state index is 11.4. The smallest absolute Gasteiger partial charge is 0.440 e. The van der Waals surface area contributed by atoms with Gasteiger partial charge in [0.2, 0.25) is 0 Å². The Kier molecular flexibility index (Phi) is 3.68. The highest BCUT2D eigenvalue weighted by atomic mass is 16.7. The average Bonchev–Trinajstić information content (AvgIpc) is 2.26. The van der Waals surface area contributed by atoms with E-state index in [1.165, 1.54) is 0 Å². The van der Waals surface area contributed by atoms with Crippen molar-refractivity contribution in [3.8, 4) is 0 Å². The van der Waals surface area contributed by atoms with E-state index in [1.54, 1.807) is 37.3 Å². The molecule has 5 heteroatoms. The number of rotatable bonds is 2. The molecule has 1 rings (SSSR count). The first-order valence-corrected chi connectivity index (χ1v) is 4.43. The van der Waals surface area contributed by atoms with Gasteiger partial charge in [-0.1, -0.05) is 18.2 Å². The molecular formula is C10H11NO4. The van der Waals surface area contributed by atoms with E-state index in [2.05, 4.69) is 4.84 Å². The molecule has 0 aromatic heterocycles. The molecule has 0 bridgehead atoms. The number of amides is 1. The summed E-state index contributed by atoms with van der Waals surface area (Å²) in [5.74, 6) is -0.681. The van der Waals surface area contributed by atoms with Crippen LogP contribution >= 0.6 is 0 Å². The fourth-order valence-corrected chi connectivity index (χ4v) is 0.966. The van der Waals surface area contributed by atoms with Crippen molar-refractivity contribution in [2.45, 2.75) is 6.92 Å². The highest BCUT2D eigenvalue weighted by molar-refractivity contribution is 5.89. The van der Waals surface area contributed by atoms with Crippen LogP contribution in [0.5, 0.6) is 0 Å². The number of carboxylic acid groups (broad SMARTS) is 1. The number of hydroxylamine groups is 2. The van der Waals surface area contributed by atoms with Crippen molar-refractivity contribution in [3.63, 3.8) is 0 Å². The molecule has 0 spiro atoms. The van der Waals surface area contributed by atoms with E-state index in [4.69, 9.17) is 5.11 Å². The Morgan fingerprint density at radius 3 is 2.40 bits per heavy atom. The molecule has 0 saturated carbocycles. The van der Waals surface area contributed by atoms with Gasteiger partial charge in [0.25, 0.3) is 0 Å². The van der Waals surface area contributed by atoms with Crippen LogP contribution in [-0.4, -0.2) is 28.8 Å². The lowest BCUT2D eigenvalue weighted by Gasteiger charge is -2.15. The van der Waals surface area contributed by atoms with Crippen LogP contribution in [0, 0.1) is 0 Å². The normalized spacial score (nSPS) is 9.40. The van der Waals surface area contributed by atoms with Crippen LogP contribution in [-0.2, 0) is 4.84 Å². The minimum Gasteiger partial charge on any atom is -0.463 e. The summed E-state index contributed by atoms with van der Waals surface area (Å²) in [5, 5.41) is 9.20. The SMILES string of the molecule is CCN(OC(=O)c1ccccc1)C(=O)O. The minimum atomic E-state index is -1.29. The van der Waals surface area contributed by atoms with Gasteiger partial charge in [0.15, 0.2) is 0 Å². The monoisotopic (exact) mass is 209 g/mol. The van der Waals surface area contributed by atoms with Crippen LogP contribution < -0.4 is 0 Å². The van der Waals surface area contributed by atoms with Gasteiger partial charge in [0.1, 0.15) is 0 Å². The molecule has 0 unspecified atom stereocenters. The summed E-state index contributed by atoms with van der Waals surface area (Å²) < 4.78 is 0. The van der Waals surface area contributed by atoms with Gasteiger partial charge in [-0.05, 0) is 19.1 Å². The molecule has 1 aromatic carbocycles. The number of carbonyl (C=O) groups is 2. The molecule has 0 aliphatic carbocycles. The van der Waals surface area contributed by atoms with Gasteiger partial charge in [-0.25, -0.2) is 9.59 Å². The Bertz CT molecular complexity index is 350. The van der Waals surface area contributed by atoms with Crippen molar-refractivity contribution < 1.29 is 19.5 Å². The van der Waals surface area contributed by atoms with Crippen LogP contribution in [0.1, 0.15) is 17.3 Å². The van der Waals surface area contributed by atoms with Gasteiger partial charge in [-0.2, -0.15) is 0 Å². The second kappa shape index (κ2) is 4.99. The number of hydrogen-bond donors (Lipinski definition) is 1. The lowest BCUT2D eigenvalue weighted by atomic mass is 10.2. The number of hydrogen-bond acceptors (Lipinski definition) is 3. The molecule has 1 amide bonds. The topological polar surface area (TPSA) is 66.8 Å². The molecular weight excluding hydrogens is 198 g/mol. The van der Waals surface area contributed by atoms with Gasteiger partial charge in [-0.3, -0.25) is 0 Å². The predicted molar refractivity (Wildman–Crippen MR) is 52.3 cm³/mol. The maximum Gasteiger partial charge on any atom is 0.440 e. The molecule has 0 atom stereocenters. The first-order chi connectivity index (χ1) is 7.15. The summed E-state index contributed by atoms with van der Waals surface area (Å²) in [7, 11) is 0. The standard InChI is InChI=1S/C10H11NO4/c1-2-11(10(13)14)15-9(12)8-6-4-3-5-7-8/h3-7H,2H2,1H3,(H,13,14). The first-order valence-electron chi connectivity index (χ1n) is 4.43. The van der Waals surface area contributed by atoms with Crippen molar-refractivity contribution in [3.05, 3.63) is 35.9 Å². The fourth-order valence-electron chi connectivity index (χ4n) is 0.966. The summed E-state index contributed by atoms with van der Waals surface area (Å²) in [6.07, 6.45) is -1.29. The highest BCUT2D eigenvalue weighted by Crippen LogP contribution is 2.03. The molecule has 15 heavy (non-hydrogen) atoms. The van der Waals surface area contributed by atoms with Crippen LogP contribution in [0.15, 0.2) is 30.3 Å². The van der Waals surface area contributed by atoms with Gasteiger partial charge in [-0.15, -0.1) is 5.06 Å². The Labute approximate surface area is 86.8 Å². The van der Waals surface area contributed by atoms with E-state index in [0.717, 1.165) is 0 Å². The Morgan fingerprint density at radius 2 is 1.93 bits per heavy atom. The van der Waals surface area contributed by atoms with E-state index >= 15 is 0 Å². The zero-order valence-electron chi connectivity index (χ0n) is 8.21. The fraction of sp³-hybridized carbons (Fsp3) is 0.200. The largest absolute Gasteiger partial charge is 0.463 e. The van der Waals surface area contributed by atoms with Gasteiger partial charge >= 0.3 is 12.1 Å². The average molecular weight is 209 g/mol. The lowest BCUT2D eigenvalue weighted by Crippen LogP contribution is -2.32. The second-order valence-electron chi connectivity index (χ2n) is 2.72. The molecule has 0 radical (unpaired) electrons. The number of benzene rings is 1. The Balaban J connectivity index is 2.67. The van der Waals surface area contributed by atoms with Crippen molar-refractivity contribution in [2.75, 3.05) is 6.54 Å².